The summed E-state index contributed by atoms with van der Waals surface area (Å²) in [7, 11) is 0. The second-order valence-electron chi connectivity index (χ2n) is 7.22. The molecule has 7 nitrogen and oxygen atoms in total. The number of aliphatic hydroxyl groups excluding tert-OH is 1. The van der Waals surface area contributed by atoms with Gasteiger partial charge in [0.25, 0.3) is 0 Å². The molecule has 30 heavy (non-hydrogen) atoms. The van der Waals surface area contributed by atoms with E-state index in [-0.39, 0.29) is 30.0 Å². The molecule has 158 valence electrons. The van der Waals surface area contributed by atoms with E-state index < -0.39 is 11.1 Å². The molecule has 2 heterocycles. The Morgan fingerprint density at radius 2 is 1.93 bits per heavy atom. The Kier molecular flexibility index (Phi) is 6.10. The number of amides is 1. The Morgan fingerprint density at radius 1 is 1.17 bits per heavy atom. The molecule has 1 fully saturated rings. The molecule has 1 N–H and O–H groups in total. The quantitative estimate of drug-likeness (QED) is 0.607. The van der Waals surface area contributed by atoms with Gasteiger partial charge in [-0.25, -0.2) is 0 Å². The minimum atomic E-state index is -2.26. The van der Waals surface area contributed by atoms with E-state index in [1.54, 1.807) is 35.2 Å². The number of halogens is 1. The molecule has 0 saturated carbocycles. The van der Waals surface area contributed by atoms with Crippen molar-refractivity contribution in [1.82, 2.24) is 9.47 Å². The minimum Gasteiger partial charge on any atom is -0.768 e. The second kappa shape index (κ2) is 8.77. The molecule has 0 spiro atoms. The Morgan fingerprint density at radius 3 is 2.63 bits per heavy atom. The van der Waals surface area contributed by atoms with E-state index in [0.717, 1.165) is 16.6 Å². The third kappa shape index (κ3) is 4.09. The fraction of sp³-hybridized carbons (Fsp3) is 0.286. The number of anilines is 1. The number of carbonyl (C=O) groups is 1. The Bertz CT molecular complexity index is 1090. The van der Waals surface area contributed by atoms with Crippen LogP contribution in [0.3, 0.4) is 0 Å². The lowest BCUT2D eigenvalue weighted by Crippen LogP contribution is -2.57. The monoisotopic (exact) mass is 446 g/mol. The molecule has 1 aliphatic rings. The molecule has 0 aliphatic carbocycles. The van der Waals surface area contributed by atoms with E-state index in [1.807, 2.05) is 33.9 Å². The number of benzene rings is 2. The molecule has 3 aromatic rings. The maximum absolute atomic E-state index is 13.0. The summed E-state index contributed by atoms with van der Waals surface area (Å²) >= 11 is 4.05. The molecular weight excluding hydrogens is 426 g/mol. The van der Waals surface area contributed by atoms with Gasteiger partial charge in [-0.2, -0.15) is 0 Å². The average molecular weight is 447 g/mol. The number of hydrogen-bond donors (Lipinski definition) is 1. The largest absolute Gasteiger partial charge is 0.768 e. The minimum absolute atomic E-state index is 0.0804. The van der Waals surface area contributed by atoms with Crippen LogP contribution in [0.15, 0.2) is 59.6 Å². The molecule has 4 rings (SSSR count). The maximum atomic E-state index is 13.0. The highest BCUT2D eigenvalue weighted by Crippen LogP contribution is 2.25. The molecule has 1 unspecified atom stereocenters. The molecule has 2 aromatic carbocycles. The highest BCUT2D eigenvalue weighted by molar-refractivity contribution is 7.79. The summed E-state index contributed by atoms with van der Waals surface area (Å²) in [5.74, 6) is -0.0804. The van der Waals surface area contributed by atoms with Gasteiger partial charge in [0.05, 0.1) is 23.2 Å². The van der Waals surface area contributed by atoms with E-state index in [1.165, 1.54) is 0 Å². The topological polar surface area (TPSA) is 88.8 Å². The summed E-state index contributed by atoms with van der Waals surface area (Å²) in [4.78, 5) is 17.0. The van der Waals surface area contributed by atoms with Gasteiger partial charge >= 0.3 is 0 Å². The van der Waals surface area contributed by atoms with Crippen molar-refractivity contribution in [3.05, 3.63) is 59.8 Å². The first kappa shape index (κ1) is 20.9. The van der Waals surface area contributed by atoms with Gasteiger partial charge in [0.1, 0.15) is 6.54 Å². The van der Waals surface area contributed by atoms with Crippen LogP contribution < -0.4 is 4.90 Å². The van der Waals surface area contributed by atoms with Crippen molar-refractivity contribution in [2.45, 2.75) is 17.5 Å². The molecule has 1 saturated heterocycles. The molecule has 9 heteroatoms. The Hall–Kier alpha value is -2.39. The van der Waals surface area contributed by atoms with Gasteiger partial charge < -0.3 is 24.0 Å². The normalized spacial score (nSPS) is 18.0. The second-order valence-corrected chi connectivity index (χ2v) is 8.57. The number of rotatable bonds is 5. The fourth-order valence-electron chi connectivity index (χ4n) is 3.93. The van der Waals surface area contributed by atoms with E-state index in [0.29, 0.717) is 24.7 Å². The van der Waals surface area contributed by atoms with Crippen molar-refractivity contribution in [2.75, 3.05) is 31.1 Å². The zero-order valence-electron chi connectivity index (χ0n) is 16.1. The standard InChI is InChI=1S/C21H22ClN3O4S/c22-19-3-1-2-15-8-9-24(21(15)19)13-20(27)25-11-10-23(12-17(25)14-26)16-4-6-18(7-5-16)30(28)29/h1-9,17,26H,10-14H2,(H,28,29)/p-1/t17-/m1/s1. The fourth-order valence-corrected chi connectivity index (χ4v) is 4.57. The maximum Gasteiger partial charge on any atom is 0.242 e. The summed E-state index contributed by atoms with van der Waals surface area (Å²) in [5, 5.41) is 11.5. The molecule has 1 aliphatic heterocycles. The van der Waals surface area contributed by atoms with Crippen LogP contribution in [-0.2, 0) is 22.4 Å². The van der Waals surface area contributed by atoms with Crippen molar-refractivity contribution in [1.29, 1.82) is 0 Å². The first-order valence-electron chi connectivity index (χ1n) is 9.56. The molecular formula is C21H21ClN3O4S-. The van der Waals surface area contributed by atoms with Crippen molar-refractivity contribution < 1.29 is 18.7 Å². The highest BCUT2D eigenvalue weighted by atomic mass is 35.5. The number of fused-ring (bicyclic) bond motifs is 1. The average Bonchev–Trinajstić information content (AvgIpc) is 3.17. The predicted octanol–water partition coefficient (Wildman–Crippen LogP) is 2.24. The Labute approximate surface area is 181 Å². The van der Waals surface area contributed by atoms with Crippen LogP contribution in [-0.4, -0.2) is 61.5 Å². The number of nitrogens with zero attached hydrogens (tertiary/aromatic N) is 3. The van der Waals surface area contributed by atoms with Crippen molar-refractivity contribution in [3.8, 4) is 0 Å². The summed E-state index contributed by atoms with van der Waals surface area (Å²) < 4.78 is 23.9. The van der Waals surface area contributed by atoms with Crippen LogP contribution in [0.5, 0.6) is 0 Å². The van der Waals surface area contributed by atoms with Crippen molar-refractivity contribution in [2.24, 2.45) is 0 Å². The zero-order valence-corrected chi connectivity index (χ0v) is 17.7. The van der Waals surface area contributed by atoms with Gasteiger partial charge in [0.2, 0.25) is 5.91 Å². The lowest BCUT2D eigenvalue weighted by atomic mass is 10.1. The van der Waals surface area contributed by atoms with Gasteiger partial charge in [-0.3, -0.25) is 9.00 Å². The van der Waals surface area contributed by atoms with Gasteiger partial charge in [-0.05, 0) is 47.5 Å². The lowest BCUT2D eigenvalue weighted by Gasteiger charge is -2.42. The molecule has 0 bridgehead atoms. The van der Waals surface area contributed by atoms with Gasteiger partial charge in [0.15, 0.2) is 0 Å². The van der Waals surface area contributed by atoms with Crippen LogP contribution in [0.2, 0.25) is 5.02 Å². The van der Waals surface area contributed by atoms with Crippen LogP contribution in [0, 0.1) is 0 Å². The first-order valence-corrected chi connectivity index (χ1v) is 11.0. The highest BCUT2D eigenvalue weighted by Gasteiger charge is 2.30. The molecule has 1 amide bonds. The number of aliphatic hydroxyl groups is 1. The van der Waals surface area contributed by atoms with E-state index >= 15 is 0 Å². The number of hydrogen-bond acceptors (Lipinski definition) is 5. The predicted molar refractivity (Wildman–Crippen MR) is 115 cm³/mol. The first-order chi connectivity index (χ1) is 14.5. The van der Waals surface area contributed by atoms with Crippen LogP contribution >= 0.6 is 11.6 Å². The third-order valence-corrected chi connectivity index (χ3v) is 6.42. The molecule has 1 aromatic heterocycles. The van der Waals surface area contributed by atoms with Crippen LogP contribution in [0.25, 0.3) is 10.9 Å². The number of carbonyl (C=O) groups excluding carboxylic acids is 1. The van der Waals surface area contributed by atoms with Gasteiger partial charge in [-0.1, -0.05) is 23.7 Å². The van der Waals surface area contributed by atoms with Crippen molar-refractivity contribution >= 4 is 45.2 Å². The Balaban J connectivity index is 1.47. The summed E-state index contributed by atoms with van der Waals surface area (Å²) in [6, 6.07) is 13.8. The summed E-state index contributed by atoms with van der Waals surface area (Å²) in [6.07, 6.45) is 1.85. The van der Waals surface area contributed by atoms with Crippen LogP contribution in [0.4, 0.5) is 5.69 Å². The summed E-state index contributed by atoms with van der Waals surface area (Å²) in [5.41, 5.74) is 1.68. The number of piperazine rings is 1. The molecule has 0 radical (unpaired) electrons. The van der Waals surface area contributed by atoms with E-state index in [2.05, 4.69) is 0 Å². The van der Waals surface area contributed by atoms with Gasteiger partial charge in [-0.15, -0.1) is 0 Å². The molecule has 2 atom stereocenters. The lowest BCUT2D eigenvalue weighted by molar-refractivity contribution is -0.135. The van der Waals surface area contributed by atoms with Gasteiger partial charge in [0, 0.05) is 41.8 Å². The smallest absolute Gasteiger partial charge is 0.242 e. The third-order valence-electron chi connectivity index (χ3n) is 5.45. The number of para-hydroxylation sites is 1. The zero-order chi connectivity index (χ0) is 21.3. The number of aromatic nitrogens is 1. The van der Waals surface area contributed by atoms with E-state index in [9.17, 15) is 18.7 Å². The van der Waals surface area contributed by atoms with Crippen LogP contribution in [0.1, 0.15) is 0 Å². The SMILES string of the molecule is O=C(Cn1ccc2cccc(Cl)c21)N1CCN(c2ccc(S(=O)[O-])cc2)C[C@@H]1CO. The van der Waals surface area contributed by atoms with E-state index in [4.69, 9.17) is 11.6 Å². The van der Waals surface area contributed by atoms with Crippen molar-refractivity contribution in [3.63, 3.8) is 0 Å². The summed E-state index contributed by atoms with van der Waals surface area (Å²) in [6.45, 7) is 1.52.